The molecule has 4 heteroatoms. The Kier molecular flexibility index (Phi) is 3.76. The molecule has 1 aromatic carbocycles. The van der Waals surface area contributed by atoms with Crippen molar-refractivity contribution in [2.45, 2.75) is 20.1 Å². The van der Waals surface area contributed by atoms with Crippen LogP contribution in [0.5, 0.6) is 0 Å². The first-order chi connectivity index (χ1) is 8.20. The molecule has 0 saturated heterocycles. The van der Waals surface area contributed by atoms with Crippen LogP contribution in [-0.2, 0) is 13.2 Å². The number of aromatic nitrogens is 1. The molecule has 0 fully saturated rings. The van der Waals surface area contributed by atoms with E-state index < -0.39 is 0 Å². The number of thiazole rings is 1. The maximum atomic E-state index is 9.02. The van der Waals surface area contributed by atoms with Gasteiger partial charge in [-0.25, -0.2) is 4.98 Å². The zero-order valence-electron chi connectivity index (χ0n) is 10.1. The molecule has 0 unspecified atom stereocenters. The van der Waals surface area contributed by atoms with Gasteiger partial charge in [0.15, 0.2) is 5.13 Å². The van der Waals surface area contributed by atoms with Crippen LogP contribution in [0.3, 0.4) is 0 Å². The topological polar surface area (TPSA) is 36.4 Å². The molecular weight excluding hydrogens is 232 g/mol. The summed E-state index contributed by atoms with van der Waals surface area (Å²) in [5.41, 5.74) is 2.59. The lowest BCUT2D eigenvalue weighted by atomic mass is 10.1. The average molecular weight is 248 g/mol. The second-order valence-electron chi connectivity index (χ2n) is 4.05. The zero-order chi connectivity index (χ0) is 12.3. The number of aliphatic hydroxyl groups is 1. The molecule has 0 spiro atoms. The van der Waals surface area contributed by atoms with Crippen molar-refractivity contribution in [2.24, 2.45) is 0 Å². The van der Waals surface area contributed by atoms with E-state index in [9.17, 15) is 0 Å². The van der Waals surface area contributed by atoms with Gasteiger partial charge >= 0.3 is 0 Å². The first-order valence-electron chi connectivity index (χ1n) is 5.52. The van der Waals surface area contributed by atoms with E-state index in [1.807, 2.05) is 13.1 Å². The summed E-state index contributed by atoms with van der Waals surface area (Å²) in [6.45, 7) is 3.02. The van der Waals surface area contributed by atoms with Gasteiger partial charge in [0.05, 0.1) is 11.5 Å². The maximum absolute atomic E-state index is 9.02. The summed E-state index contributed by atoms with van der Waals surface area (Å²) in [6, 6.07) is 8.35. The number of hydrogen-bond acceptors (Lipinski definition) is 4. The van der Waals surface area contributed by atoms with Gasteiger partial charge in [-0.15, -0.1) is 0 Å². The quantitative estimate of drug-likeness (QED) is 0.903. The van der Waals surface area contributed by atoms with Gasteiger partial charge in [-0.2, -0.15) is 0 Å². The summed E-state index contributed by atoms with van der Waals surface area (Å²) in [7, 11) is 2.02. The van der Waals surface area contributed by atoms with Crippen molar-refractivity contribution in [1.82, 2.24) is 4.98 Å². The summed E-state index contributed by atoms with van der Waals surface area (Å²) in [5, 5.41) is 9.96. The Bertz CT molecular complexity index is 496. The second-order valence-corrected chi connectivity index (χ2v) is 5.14. The fourth-order valence-corrected chi connectivity index (χ4v) is 2.39. The Balaban J connectivity index is 2.11. The smallest absolute Gasteiger partial charge is 0.185 e. The lowest BCUT2D eigenvalue weighted by Gasteiger charge is -2.17. The molecule has 0 atom stereocenters. The lowest BCUT2D eigenvalue weighted by molar-refractivity contribution is 0.285. The van der Waals surface area contributed by atoms with Crippen molar-refractivity contribution < 1.29 is 5.11 Å². The highest BCUT2D eigenvalue weighted by molar-refractivity contribution is 7.15. The standard InChI is InChI=1S/C13H16N2OS/c1-10-5-3-4-6-11(10)8-15(2)13-14-7-12(9-16)17-13/h3-7,16H,8-9H2,1-2H3. The van der Waals surface area contributed by atoms with E-state index >= 15 is 0 Å². The van der Waals surface area contributed by atoms with Crippen molar-refractivity contribution in [3.8, 4) is 0 Å². The molecule has 3 nitrogen and oxygen atoms in total. The fraction of sp³-hybridized carbons (Fsp3) is 0.308. The Labute approximate surface area is 105 Å². The van der Waals surface area contributed by atoms with Crippen molar-refractivity contribution in [3.05, 3.63) is 46.5 Å². The second kappa shape index (κ2) is 5.29. The van der Waals surface area contributed by atoms with Crippen LogP contribution in [0.15, 0.2) is 30.5 Å². The molecule has 0 saturated carbocycles. The van der Waals surface area contributed by atoms with Gasteiger partial charge in [0, 0.05) is 19.8 Å². The van der Waals surface area contributed by atoms with Crippen LogP contribution in [0.25, 0.3) is 0 Å². The van der Waals surface area contributed by atoms with Crippen molar-refractivity contribution in [1.29, 1.82) is 0 Å². The molecule has 1 heterocycles. The summed E-state index contributed by atoms with van der Waals surface area (Å²) in [4.78, 5) is 7.30. The van der Waals surface area contributed by atoms with Crippen LogP contribution in [0, 0.1) is 6.92 Å². The van der Waals surface area contributed by atoms with Crippen molar-refractivity contribution in [3.63, 3.8) is 0 Å². The van der Waals surface area contributed by atoms with Gasteiger partial charge in [0.2, 0.25) is 0 Å². The number of rotatable bonds is 4. The highest BCUT2D eigenvalue weighted by Gasteiger charge is 2.08. The number of anilines is 1. The molecular formula is C13H16N2OS. The Morgan fingerprint density at radius 2 is 2.12 bits per heavy atom. The molecule has 2 aromatic rings. The molecule has 1 aromatic heterocycles. The van der Waals surface area contributed by atoms with Crippen LogP contribution in [0.1, 0.15) is 16.0 Å². The van der Waals surface area contributed by atoms with Crippen LogP contribution in [0.2, 0.25) is 0 Å². The van der Waals surface area contributed by atoms with E-state index in [4.69, 9.17) is 5.11 Å². The molecule has 0 aliphatic heterocycles. The minimum absolute atomic E-state index is 0.0653. The third-order valence-electron chi connectivity index (χ3n) is 2.69. The number of nitrogens with zero attached hydrogens (tertiary/aromatic N) is 2. The van der Waals surface area contributed by atoms with Gasteiger partial charge in [0.25, 0.3) is 0 Å². The van der Waals surface area contributed by atoms with Gasteiger partial charge < -0.3 is 10.0 Å². The van der Waals surface area contributed by atoms with Crippen LogP contribution in [-0.4, -0.2) is 17.1 Å². The normalized spacial score (nSPS) is 10.5. The highest BCUT2D eigenvalue weighted by atomic mass is 32.1. The number of benzene rings is 1. The van der Waals surface area contributed by atoms with Gasteiger partial charge in [0.1, 0.15) is 0 Å². The molecule has 0 amide bonds. The van der Waals surface area contributed by atoms with E-state index in [-0.39, 0.29) is 6.61 Å². The average Bonchev–Trinajstić information content (AvgIpc) is 2.81. The number of aliphatic hydroxyl groups excluding tert-OH is 1. The molecule has 90 valence electrons. The molecule has 17 heavy (non-hydrogen) atoms. The predicted octanol–water partition coefficient (Wildman–Crippen LogP) is 2.58. The first-order valence-corrected chi connectivity index (χ1v) is 6.33. The monoisotopic (exact) mass is 248 g/mol. The van der Waals surface area contributed by atoms with E-state index in [1.54, 1.807) is 6.20 Å². The van der Waals surface area contributed by atoms with Gasteiger partial charge in [-0.05, 0) is 18.1 Å². The molecule has 0 radical (unpaired) electrons. The summed E-state index contributed by atoms with van der Waals surface area (Å²) in [5.74, 6) is 0. The number of hydrogen-bond donors (Lipinski definition) is 1. The van der Waals surface area contributed by atoms with E-state index in [0.29, 0.717) is 0 Å². The van der Waals surface area contributed by atoms with E-state index in [1.165, 1.54) is 22.5 Å². The third kappa shape index (κ3) is 2.84. The SMILES string of the molecule is Cc1ccccc1CN(C)c1ncc(CO)s1. The summed E-state index contributed by atoms with van der Waals surface area (Å²) >= 11 is 1.53. The molecule has 0 aliphatic rings. The van der Waals surface area contributed by atoms with Crippen LogP contribution >= 0.6 is 11.3 Å². The number of aryl methyl sites for hydroxylation is 1. The zero-order valence-corrected chi connectivity index (χ0v) is 10.9. The van der Waals surface area contributed by atoms with Gasteiger partial charge in [-0.3, -0.25) is 0 Å². The van der Waals surface area contributed by atoms with E-state index in [2.05, 4.69) is 35.0 Å². The first kappa shape index (κ1) is 12.1. The minimum Gasteiger partial charge on any atom is -0.391 e. The summed E-state index contributed by atoms with van der Waals surface area (Å²) < 4.78 is 0. The Hall–Kier alpha value is -1.39. The van der Waals surface area contributed by atoms with Crippen molar-refractivity contribution in [2.75, 3.05) is 11.9 Å². The highest BCUT2D eigenvalue weighted by Crippen LogP contribution is 2.23. The molecule has 1 N–H and O–H groups in total. The van der Waals surface area contributed by atoms with Crippen LogP contribution < -0.4 is 4.90 Å². The minimum atomic E-state index is 0.0653. The Morgan fingerprint density at radius 3 is 2.76 bits per heavy atom. The largest absolute Gasteiger partial charge is 0.391 e. The third-order valence-corrected chi connectivity index (χ3v) is 3.79. The predicted molar refractivity (Wildman–Crippen MR) is 71.3 cm³/mol. The molecule has 0 bridgehead atoms. The van der Waals surface area contributed by atoms with Crippen molar-refractivity contribution >= 4 is 16.5 Å². The Morgan fingerprint density at radius 1 is 1.35 bits per heavy atom. The summed E-state index contributed by atoms with van der Waals surface area (Å²) in [6.07, 6.45) is 1.73. The van der Waals surface area contributed by atoms with Crippen LogP contribution in [0.4, 0.5) is 5.13 Å². The lowest BCUT2D eigenvalue weighted by Crippen LogP contribution is -2.16. The molecule has 2 rings (SSSR count). The maximum Gasteiger partial charge on any atom is 0.185 e. The fourth-order valence-electron chi connectivity index (χ4n) is 1.66. The van der Waals surface area contributed by atoms with Gasteiger partial charge in [-0.1, -0.05) is 35.6 Å². The molecule has 0 aliphatic carbocycles. The van der Waals surface area contributed by atoms with E-state index in [0.717, 1.165) is 16.6 Å².